The van der Waals surface area contributed by atoms with Crippen LogP contribution in [0.4, 0.5) is 10.1 Å². The first-order chi connectivity index (χ1) is 14.8. The standard InChI is InChI=1S/C20H26FN3O6S2/c1-15(24(31(4,26)27)17-7-5-16(21)6-8-17)20(25)22-13-14-30-18-9-11-19(12-10-18)32(28,29)23(2)3/h5-12,15H,13-14H2,1-4H3,(H,22,25)/t15-/m1/s1. The molecule has 2 rings (SSSR count). The van der Waals surface area contributed by atoms with E-state index in [1.165, 1.54) is 57.4 Å². The van der Waals surface area contributed by atoms with E-state index in [1.807, 2.05) is 0 Å². The molecular formula is C20H26FN3O6S2. The van der Waals surface area contributed by atoms with Crippen LogP contribution in [0, 0.1) is 5.82 Å². The molecule has 32 heavy (non-hydrogen) atoms. The fraction of sp³-hybridized carbons (Fsp3) is 0.350. The molecule has 0 aliphatic rings. The number of nitrogens with zero attached hydrogens (tertiary/aromatic N) is 2. The van der Waals surface area contributed by atoms with Crippen molar-refractivity contribution < 1.29 is 30.8 Å². The maximum atomic E-state index is 13.2. The number of nitrogens with one attached hydrogen (secondary N) is 1. The second-order valence-electron chi connectivity index (χ2n) is 7.11. The van der Waals surface area contributed by atoms with Gasteiger partial charge < -0.3 is 10.1 Å². The van der Waals surface area contributed by atoms with Gasteiger partial charge in [-0.15, -0.1) is 0 Å². The summed E-state index contributed by atoms with van der Waals surface area (Å²) in [5, 5.41) is 2.59. The normalized spacial score (nSPS) is 12.9. The van der Waals surface area contributed by atoms with Crippen molar-refractivity contribution in [2.45, 2.75) is 17.9 Å². The fourth-order valence-corrected chi connectivity index (χ4v) is 4.88. The van der Waals surface area contributed by atoms with Crippen molar-refractivity contribution in [3.63, 3.8) is 0 Å². The number of rotatable bonds is 10. The van der Waals surface area contributed by atoms with Gasteiger partial charge in [-0.05, 0) is 55.5 Å². The number of benzene rings is 2. The SMILES string of the molecule is C[C@H](C(=O)NCCOc1ccc(S(=O)(=O)N(C)C)cc1)N(c1ccc(F)cc1)S(C)(=O)=O. The highest BCUT2D eigenvalue weighted by Gasteiger charge is 2.29. The summed E-state index contributed by atoms with van der Waals surface area (Å²) in [5.74, 6) is -0.673. The van der Waals surface area contributed by atoms with Crippen molar-refractivity contribution in [3.05, 3.63) is 54.3 Å². The van der Waals surface area contributed by atoms with Crippen molar-refractivity contribution in [1.29, 1.82) is 0 Å². The third-order valence-electron chi connectivity index (χ3n) is 4.44. The van der Waals surface area contributed by atoms with E-state index in [0.717, 1.165) is 27.0 Å². The minimum absolute atomic E-state index is 0.0770. The van der Waals surface area contributed by atoms with Crippen molar-refractivity contribution in [2.75, 3.05) is 37.8 Å². The Morgan fingerprint density at radius 2 is 1.59 bits per heavy atom. The molecule has 0 spiro atoms. The van der Waals surface area contributed by atoms with Gasteiger partial charge in [0.25, 0.3) is 0 Å². The van der Waals surface area contributed by atoms with Gasteiger partial charge in [-0.3, -0.25) is 9.10 Å². The molecule has 0 saturated carbocycles. The molecule has 0 fully saturated rings. The van der Waals surface area contributed by atoms with E-state index in [0.29, 0.717) is 5.75 Å². The van der Waals surface area contributed by atoms with Crippen LogP contribution in [-0.4, -0.2) is 66.6 Å². The maximum absolute atomic E-state index is 13.2. The summed E-state index contributed by atoms with van der Waals surface area (Å²) in [6.07, 6.45) is 0.962. The number of hydrogen-bond acceptors (Lipinski definition) is 6. The van der Waals surface area contributed by atoms with Gasteiger partial charge in [0.05, 0.1) is 23.4 Å². The number of halogens is 1. The van der Waals surface area contributed by atoms with Crippen LogP contribution >= 0.6 is 0 Å². The number of carbonyl (C=O) groups excluding carboxylic acids is 1. The van der Waals surface area contributed by atoms with Gasteiger partial charge in [-0.1, -0.05) is 0 Å². The van der Waals surface area contributed by atoms with Gasteiger partial charge in [0.2, 0.25) is 26.0 Å². The van der Waals surface area contributed by atoms with Crippen LogP contribution in [-0.2, 0) is 24.8 Å². The number of ether oxygens (including phenoxy) is 1. The van der Waals surface area contributed by atoms with Gasteiger partial charge in [0.15, 0.2) is 0 Å². The van der Waals surface area contributed by atoms with Gasteiger partial charge in [0.1, 0.15) is 24.2 Å². The highest BCUT2D eigenvalue weighted by molar-refractivity contribution is 7.92. The van der Waals surface area contributed by atoms with Crippen molar-refractivity contribution >= 4 is 31.6 Å². The molecule has 0 aromatic heterocycles. The smallest absolute Gasteiger partial charge is 0.243 e. The highest BCUT2D eigenvalue weighted by Crippen LogP contribution is 2.21. The molecule has 1 N–H and O–H groups in total. The zero-order valence-electron chi connectivity index (χ0n) is 18.1. The highest BCUT2D eigenvalue weighted by atomic mass is 32.2. The average Bonchev–Trinajstić information content (AvgIpc) is 2.71. The van der Waals surface area contributed by atoms with Gasteiger partial charge in [-0.25, -0.2) is 25.5 Å². The lowest BCUT2D eigenvalue weighted by atomic mass is 10.2. The molecule has 0 aliphatic carbocycles. The summed E-state index contributed by atoms with van der Waals surface area (Å²) in [6.45, 7) is 1.58. The minimum atomic E-state index is -3.80. The summed E-state index contributed by atoms with van der Waals surface area (Å²) < 4.78 is 69.2. The van der Waals surface area contributed by atoms with Crippen LogP contribution in [0.25, 0.3) is 0 Å². The monoisotopic (exact) mass is 487 g/mol. The first kappa shape index (κ1) is 25.6. The predicted molar refractivity (Wildman–Crippen MR) is 119 cm³/mol. The van der Waals surface area contributed by atoms with E-state index in [9.17, 15) is 26.0 Å². The first-order valence-corrected chi connectivity index (χ1v) is 12.8. The van der Waals surface area contributed by atoms with E-state index in [1.54, 1.807) is 0 Å². The second kappa shape index (κ2) is 10.3. The van der Waals surface area contributed by atoms with Gasteiger partial charge in [-0.2, -0.15) is 0 Å². The van der Waals surface area contributed by atoms with E-state index in [-0.39, 0.29) is 23.7 Å². The Morgan fingerprint density at radius 3 is 2.09 bits per heavy atom. The molecule has 0 bridgehead atoms. The molecule has 2 aromatic carbocycles. The molecule has 1 amide bonds. The molecule has 9 nitrogen and oxygen atoms in total. The molecule has 1 atom stereocenters. The number of hydrogen-bond donors (Lipinski definition) is 1. The lowest BCUT2D eigenvalue weighted by molar-refractivity contribution is -0.121. The maximum Gasteiger partial charge on any atom is 0.243 e. The topological polar surface area (TPSA) is 113 Å². The van der Waals surface area contributed by atoms with E-state index >= 15 is 0 Å². The van der Waals surface area contributed by atoms with Crippen molar-refractivity contribution in [3.8, 4) is 5.75 Å². The van der Waals surface area contributed by atoms with E-state index in [4.69, 9.17) is 4.74 Å². The van der Waals surface area contributed by atoms with Crippen LogP contribution < -0.4 is 14.4 Å². The number of sulfonamides is 2. The third kappa shape index (κ3) is 6.40. The Bertz CT molecular complexity index is 1130. The molecule has 2 aromatic rings. The molecular weight excluding hydrogens is 461 g/mol. The fourth-order valence-electron chi connectivity index (χ4n) is 2.81. The van der Waals surface area contributed by atoms with Gasteiger partial charge in [0, 0.05) is 14.1 Å². The molecule has 12 heteroatoms. The summed E-state index contributed by atoms with van der Waals surface area (Å²) in [4.78, 5) is 12.6. The lowest BCUT2D eigenvalue weighted by Crippen LogP contribution is -2.48. The largest absolute Gasteiger partial charge is 0.492 e. The van der Waals surface area contributed by atoms with Crippen LogP contribution in [0.15, 0.2) is 53.4 Å². The summed E-state index contributed by atoms with van der Waals surface area (Å²) in [6, 6.07) is 9.54. The Kier molecular flexibility index (Phi) is 8.21. The van der Waals surface area contributed by atoms with Crippen LogP contribution in [0.2, 0.25) is 0 Å². The van der Waals surface area contributed by atoms with Gasteiger partial charge >= 0.3 is 0 Å². The Balaban J connectivity index is 1.95. The average molecular weight is 488 g/mol. The molecule has 176 valence electrons. The Hall–Kier alpha value is -2.70. The zero-order chi connectivity index (χ0) is 24.1. The zero-order valence-corrected chi connectivity index (χ0v) is 19.8. The number of amides is 1. The molecule has 0 radical (unpaired) electrons. The Morgan fingerprint density at radius 1 is 1.03 bits per heavy atom. The first-order valence-electron chi connectivity index (χ1n) is 9.52. The van der Waals surface area contributed by atoms with Crippen molar-refractivity contribution in [1.82, 2.24) is 9.62 Å². The second-order valence-corrected chi connectivity index (χ2v) is 11.1. The summed E-state index contributed by atoms with van der Waals surface area (Å²) in [7, 11) is -4.47. The lowest BCUT2D eigenvalue weighted by Gasteiger charge is -2.28. The van der Waals surface area contributed by atoms with Crippen LogP contribution in [0.3, 0.4) is 0 Å². The van der Waals surface area contributed by atoms with Crippen molar-refractivity contribution in [2.24, 2.45) is 0 Å². The molecule has 0 heterocycles. The van der Waals surface area contributed by atoms with E-state index in [2.05, 4.69) is 5.32 Å². The third-order valence-corrected chi connectivity index (χ3v) is 7.51. The molecule has 0 aliphatic heterocycles. The quantitative estimate of drug-likeness (QED) is 0.507. The van der Waals surface area contributed by atoms with Crippen LogP contribution in [0.1, 0.15) is 6.92 Å². The molecule has 0 unspecified atom stereocenters. The Labute approximate surface area is 187 Å². The van der Waals surface area contributed by atoms with E-state index < -0.39 is 37.8 Å². The molecule has 0 saturated heterocycles. The predicted octanol–water partition coefficient (Wildman–Crippen LogP) is 1.43. The summed E-state index contributed by atoms with van der Waals surface area (Å²) in [5.41, 5.74) is 0.167. The minimum Gasteiger partial charge on any atom is -0.492 e. The summed E-state index contributed by atoms with van der Waals surface area (Å²) >= 11 is 0. The number of carbonyl (C=O) groups is 1. The number of anilines is 1. The van der Waals surface area contributed by atoms with Crippen LogP contribution in [0.5, 0.6) is 5.75 Å².